The molecule has 0 amide bonds. The molecule has 0 radical (unpaired) electrons. The van der Waals surface area contributed by atoms with Crippen LogP contribution in [0.25, 0.3) is 0 Å². The van der Waals surface area contributed by atoms with Crippen LogP contribution in [0.2, 0.25) is 0 Å². The topological polar surface area (TPSA) is 16.1 Å². The summed E-state index contributed by atoms with van der Waals surface area (Å²) in [5.74, 6) is 0. The van der Waals surface area contributed by atoms with Crippen molar-refractivity contribution >= 4 is 27.3 Å². The minimum Gasteiger partial charge on any atom is -0.296 e. The number of piperidine rings is 1. The molecule has 1 aromatic heterocycles. The van der Waals surface area contributed by atoms with Crippen molar-refractivity contribution in [2.45, 2.75) is 24.2 Å². The standard InChI is InChI=1S/C9H13BrN2S/c10-8-2-1-4-12(6-8)7-9-11-3-5-13-9/h3,5,8H,1-2,4,6-7H2. The van der Waals surface area contributed by atoms with Crippen LogP contribution in [0.1, 0.15) is 17.8 Å². The van der Waals surface area contributed by atoms with E-state index in [0.29, 0.717) is 4.83 Å². The molecule has 4 heteroatoms. The largest absolute Gasteiger partial charge is 0.296 e. The van der Waals surface area contributed by atoms with Gasteiger partial charge < -0.3 is 0 Å². The lowest BCUT2D eigenvalue weighted by atomic mass is 10.1. The lowest BCUT2D eigenvalue weighted by molar-refractivity contribution is 0.227. The lowest BCUT2D eigenvalue weighted by Gasteiger charge is -2.28. The zero-order chi connectivity index (χ0) is 9.10. The maximum Gasteiger partial charge on any atom is 0.107 e. The number of thiazole rings is 1. The normalized spacial score (nSPS) is 24.8. The van der Waals surface area contributed by atoms with Gasteiger partial charge in [0.1, 0.15) is 5.01 Å². The highest BCUT2D eigenvalue weighted by molar-refractivity contribution is 9.09. The molecule has 0 aromatic carbocycles. The predicted molar refractivity (Wildman–Crippen MR) is 59.3 cm³/mol. The molecular formula is C9H13BrN2S. The fourth-order valence-corrected chi connectivity index (χ4v) is 3.06. The van der Waals surface area contributed by atoms with E-state index in [4.69, 9.17) is 0 Å². The molecule has 2 heterocycles. The molecule has 1 aliphatic heterocycles. The van der Waals surface area contributed by atoms with Crippen LogP contribution < -0.4 is 0 Å². The molecule has 1 aromatic rings. The second-order valence-corrected chi connectivity index (χ2v) is 5.67. The van der Waals surface area contributed by atoms with E-state index in [0.717, 1.165) is 6.54 Å². The molecule has 72 valence electrons. The predicted octanol–water partition coefficient (Wildman–Crippen LogP) is 2.50. The first kappa shape index (κ1) is 9.62. The monoisotopic (exact) mass is 260 g/mol. The lowest BCUT2D eigenvalue weighted by Crippen LogP contribution is -2.35. The van der Waals surface area contributed by atoms with Crippen LogP contribution in [-0.4, -0.2) is 27.8 Å². The third-order valence-electron chi connectivity index (χ3n) is 2.29. The van der Waals surface area contributed by atoms with Gasteiger partial charge in [-0.15, -0.1) is 11.3 Å². The van der Waals surface area contributed by atoms with Gasteiger partial charge in [0.05, 0.1) is 6.54 Å². The fourth-order valence-electron chi connectivity index (χ4n) is 1.67. The Labute approximate surface area is 91.1 Å². The Hall–Kier alpha value is 0.0700. The first-order valence-electron chi connectivity index (χ1n) is 4.59. The molecule has 0 saturated carbocycles. The number of rotatable bonds is 2. The minimum atomic E-state index is 0.682. The number of likely N-dealkylation sites (tertiary alicyclic amines) is 1. The van der Waals surface area contributed by atoms with Gasteiger partial charge in [0.15, 0.2) is 0 Å². The third-order valence-corrected chi connectivity index (χ3v) is 3.80. The van der Waals surface area contributed by atoms with Crippen molar-refractivity contribution < 1.29 is 0 Å². The molecule has 0 spiro atoms. The molecule has 2 rings (SSSR count). The summed E-state index contributed by atoms with van der Waals surface area (Å²) in [4.78, 5) is 7.45. The summed E-state index contributed by atoms with van der Waals surface area (Å²) in [6, 6.07) is 0. The molecule has 1 unspecified atom stereocenters. The van der Waals surface area contributed by atoms with Crippen molar-refractivity contribution in [2.24, 2.45) is 0 Å². The molecule has 0 N–H and O–H groups in total. The smallest absolute Gasteiger partial charge is 0.107 e. The van der Waals surface area contributed by atoms with Gasteiger partial charge in [-0.2, -0.15) is 0 Å². The van der Waals surface area contributed by atoms with Crippen molar-refractivity contribution in [3.05, 3.63) is 16.6 Å². The van der Waals surface area contributed by atoms with Crippen LogP contribution in [-0.2, 0) is 6.54 Å². The Balaban J connectivity index is 1.87. The van der Waals surface area contributed by atoms with Gasteiger partial charge in [-0.1, -0.05) is 15.9 Å². The summed E-state index contributed by atoms with van der Waals surface area (Å²) < 4.78 is 0. The van der Waals surface area contributed by atoms with Crippen LogP contribution >= 0.6 is 27.3 Å². The first-order valence-corrected chi connectivity index (χ1v) is 6.39. The summed E-state index contributed by atoms with van der Waals surface area (Å²) in [6.45, 7) is 3.42. The average Bonchev–Trinajstić information content (AvgIpc) is 2.57. The number of aromatic nitrogens is 1. The average molecular weight is 261 g/mol. The molecule has 2 nitrogen and oxygen atoms in total. The highest BCUT2D eigenvalue weighted by atomic mass is 79.9. The second kappa shape index (κ2) is 4.53. The molecule has 1 atom stereocenters. The molecular weight excluding hydrogens is 248 g/mol. The summed E-state index contributed by atoms with van der Waals surface area (Å²) >= 11 is 5.42. The number of hydrogen-bond donors (Lipinski definition) is 0. The van der Waals surface area contributed by atoms with E-state index in [1.54, 1.807) is 11.3 Å². The summed E-state index contributed by atoms with van der Waals surface area (Å²) in [5.41, 5.74) is 0. The van der Waals surface area contributed by atoms with Gasteiger partial charge in [0.25, 0.3) is 0 Å². The number of nitrogens with zero attached hydrogens (tertiary/aromatic N) is 2. The van der Waals surface area contributed by atoms with E-state index in [-0.39, 0.29) is 0 Å². The van der Waals surface area contributed by atoms with Crippen molar-refractivity contribution in [2.75, 3.05) is 13.1 Å². The molecule has 0 aliphatic carbocycles. The summed E-state index contributed by atoms with van der Waals surface area (Å²) in [5, 5.41) is 3.28. The number of hydrogen-bond acceptors (Lipinski definition) is 3. The molecule has 1 aliphatic rings. The second-order valence-electron chi connectivity index (χ2n) is 3.40. The maximum atomic E-state index is 4.30. The Morgan fingerprint density at radius 3 is 3.31 bits per heavy atom. The Bertz CT molecular complexity index is 250. The quantitative estimate of drug-likeness (QED) is 0.760. The molecule has 13 heavy (non-hydrogen) atoms. The van der Waals surface area contributed by atoms with Crippen molar-refractivity contribution in [3.63, 3.8) is 0 Å². The molecule has 0 bridgehead atoms. The first-order chi connectivity index (χ1) is 6.34. The highest BCUT2D eigenvalue weighted by Crippen LogP contribution is 2.19. The van der Waals surface area contributed by atoms with E-state index < -0.39 is 0 Å². The van der Waals surface area contributed by atoms with Crippen LogP contribution in [0.15, 0.2) is 11.6 Å². The fraction of sp³-hybridized carbons (Fsp3) is 0.667. The Morgan fingerprint density at radius 1 is 1.69 bits per heavy atom. The Morgan fingerprint density at radius 2 is 2.62 bits per heavy atom. The number of alkyl halides is 1. The van der Waals surface area contributed by atoms with Gasteiger partial charge >= 0.3 is 0 Å². The summed E-state index contributed by atoms with van der Waals surface area (Å²) in [6.07, 6.45) is 4.51. The Kier molecular flexibility index (Phi) is 3.35. The third kappa shape index (κ3) is 2.76. The molecule has 1 fully saturated rings. The van der Waals surface area contributed by atoms with E-state index in [1.165, 1.54) is 30.9 Å². The van der Waals surface area contributed by atoms with E-state index in [2.05, 4.69) is 25.8 Å². The number of halogens is 1. The van der Waals surface area contributed by atoms with Gasteiger partial charge in [0.2, 0.25) is 0 Å². The van der Waals surface area contributed by atoms with E-state index >= 15 is 0 Å². The van der Waals surface area contributed by atoms with Gasteiger partial charge in [-0.05, 0) is 19.4 Å². The zero-order valence-corrected chi connectivity index (χ0v) is 9.85. The van der Waals surface area contributed by atoms with Crippen LogP contribution in [0.3, 0.4) is 0 Å². The van der Waals surface area contributed by atoms with E-state index in [1.807, 2.05) is 11.6 Å². The van der Waals surface area contributed by atoms with Crippen LogP contribution in [0, 0.1) is 0 Å². The zero-order valence-electron chi connectivity index (χ0n) is 7.45. The van der Waals surface area contributed by atoms with Crippen LogP contribution in [0.5, 0.6) is 0 Å². The highest BCUT2D eigenvalue weighted by Gasteiger charge is 2.17. The van der Waals surface area contributed by atoms with Crippen molar-refractivity contribution in [1.82, 2.24) is 9.88 Å². The van der Waals surface area contributed by atoms with Crippen molar-refractivity contribution in [1.29, 1.82) is 0 Å². The van der Waals surface area contributed by atoms with Gasteiger partial charge in [0, 0.05) is 22.9 Å². The maximum absolute atomic E-state index is 4.30. The van der Waals surface area contributed by atoms with Crippen LogP contribution in [0.4, 0.5) is 0 Å². The van der Waals surface area contributed by atoms with E-state index in [9.17, 15) is 0 Å². The van der Waals surface area contributed by atoms with Gasteiger partial charge in [-0.25, -0.2) is 4.98 Å². The van der Waals surface area contributed by atoms with Crippen molar-refractivity contribution in [3.8, 4) is 0 Å². The minimum absolute atomic E-state index is 0.682. The molecule has 1 saturated heterocycles. The SMILES string of the molecule is BrC1CCCN(Cc2nccs2)C1. The summed E-state index contributed by atoms with van der Waals surface area (Å²) in [7, 11) is 0. The van der Waals surface area contributed by atoms with Gasteiger partial charge in [-0.3, -0.25) is 4.90 Å².